The van der Waals surface area contributed by atoms with Crippen LogP contribution in [0.25, 0.3) is 0 Å². The maximum atomic E-state index is 12.8. The van der Waals surface area contributed by atoms with Crippen molar-refractivity contribution >= 4 is 13.7 Å². The second-order valence-corrected chi connectivity index (χ2v) is 16.5. The minimum absolute atomic E-state index is 0.0592. The van der Waals surface area contributed by atoms with E-state index in [1.165, 1.54) is 96.3 Å². The Morgan fingerprint density at radius 2 is 1.14 bits per heavy atom. The van der Waals surface area contributed by atoms with Crippen LogP contribution in [0.5, 0.6) is 0 Å². The first kappa shape index (κ1) is 48.7. The minimum Gasteiger partial charge on any atom is -0.387 e. The van der Waals surface area contributed by atoms with Gasteiger partial charge >= 0.3 is 7.82 Å². The number of nitrogens with zero attached hydrogens (tertiary/aromatic N) is 1. The molecule has 0 saturated heterocycles. The molecule has 1 amide bonds. The number of allylic oxidation sites excluding steroid dienone is 5. The summed E-state index contributed by atoms with van der Waals surface area (Å²) in [5.41, 5.74) is 0. The second kappa shape index (κ2) is 33.5. The van der Waals surface area contributed by atoms with Gasteiger partial charge in [0.15, 0.2) is 0 Å². The van der Waals surface area contributed by atoms with Gasteiger partial charge in [0.1, 0.15) is 13.2 Å². The molecule has 9 heteroatoms. The number of amides is 1. The van der Waals surface area contributed by atoms with Crippen molar-refractivity contribution in [3.05, 3.63) is 36.5 Å². The van der Waals surface area contributed by atoms with Gasteiger partial charge in [0.25, 0.3) is 0 Å². The quantitative estimate of drug-likeness (QED) is 0.0257. The van der Waals surface area contributed by atoms with E-state index >= 15 is 0 Å². The van der Waals surface area contributed by atoms with Crippen LogP contribution in [-0.2, 0) is 18.4 Å². The fourth-order valence-corrected chi connectivity index (χ4v) is 6.28. The smallest absolute Gasteiger partial charge is 0.387 e. The number of hydrogen-bond acceptors (Lipinski definition) is 5. The second-order valence-electron chi connectivity index (χ2n) is 15.0. The highest BCUT2D eigenvalue weighted by Crippen LogP contribution is 2.43. The van der Waals surface area contributed by atoms with E-state index in [0.29, 0.717) is 17.4 Å². The number of unbranched alkanes of at least 4 members (excludes halogenated alkanes) is 19. The van der Waals surface area contributed by atoms with Crippen LogP contribution >= 0.6 is 7.82 Å². The van der Waals surface area contributed by atoms with Crippen LogP contribution in [0.15, 0.2) is 36.5 Å². The summed E-state index contributed by atoms with van der Waals surface area (Å²) in [6, 6.07) is -0.847. The number of phosphoric acid groups is 1. The van der Waals surface area contributed by atoms with Gasteiger partial charge in [0, 0.05) is 6.42 Å². The zero-order chi connectivity index (χ0) is 37.2. The lowest BCUT2D eigenvalue weighted by Crippen LogP contribution is -2.45. The molecule has 0 fully saturated rings. The monoisotopic (exact) mass is 728 g/mol. The van der Waals surface area contributed by atoms with E-state index < -0.39 is 20.0 Å². The van der Waals surface area contributed by atoms with Crippen molar-refractivity contribution in [3.8, 4) is 0 Å². The Bertz CT molecular complexity index is 917. The third-order valence-electron chi connectivity index (χ3n) is 8.85. The van der Waals surface area contributed by atoms with Crippen molar-refractivity contribution in [1.29, 1.82) is 0 Å². The number of likely N-dealkylation sites (N-methyl/N-ethyl adjacent to an activating group) is 1. The number of carbonyl (C=O) groups excluding carboxylic acids is 1. The highest BCUT2D eigenvalue weighted by molar-refractivity contribution is 7.47. The summed E-state index contributed by atoms with van der Waals surface area (Å²) in [5, 5.41) is 13.7. The molecular weight excluding hydrogens is 647 g/mol. The van der Waals surface area contributed by atoms with Gasteiger partial charge in [-0.05, 0) is 51.4 Å². The molecule has 0 aromatic carbocycles. The Hall–Kier alpha value is -1.28. The standard InChI is InChI=1S/C41H79N2O6P/c1-6-8-10-12-14-16-18-19-20-21-22-23-25-27-29-31-33-35-41(45)42-39(38-49-50(46,47)48-37-36-43(3,4)5)40(44)34-32-30-28-26-24-17-15-13-11-9-7-2/h14,16,19-20,32,34,39-40,44H,6-13,15,17-18,21-31,33,35-38H2,1-5H3,(H-,42,45,46,47)/p+1/b16-14-,20-19-,34-32+. The molecule has 0 heterocycles. The van der Waals surface area contributed by atoms with Crippen LogP contribution in [-0.4, -0.2) is 73.4 Å². The number of aliphatic hydroxyl groups excluding tert-OH is 1. The highest BCUT2D eigenvalue weighted by Gasteiger charge is 2.27. The molecule has 0 aliphatic carbocycles. The molecule has 3 N–H and O–H groups in total. The summed E-state index contributed by atoms with van der Waals surface area (Å²) < 4.78 is 23.5. The number of hydrogen-bond donors (Lipinski definition) is 3. The zero-order valence-electron chi connectivity index (χ0n) is 33.1. The van der Waals surface area contributed by atoms with Crippen molar-refractivity contribution < 1.29 is 32.9 Å². The lowest BCUT2D eigenvalue weighted by atomic mass is 10.1. The Kier molecular flexibility index (Phi) is 32.7. The van der Waals surface area contributed by atoms with Gasteiger partial charge in [0.05, 0.1) is 39.9 Å². The van der Waals surface area contributed by atoms with Crippen LogP contribution in [0.1, 0.15) is 168 Å². The number of rotatable bonds is 36. The fourth-order valence-electron chi connectivity index (χ4n) is 5.54. The van der Waals surface area contributed by atoms with Gasteiger partial charge in [-0.1, -0.05) is 147 Å². The molecule has 0 aromatic rings. The molecule has 3 atom stereocenters. The average Bonchev–Trinajstić information content (AvgIpc) is 3.06. The van der Waals surface area contributed by atoms with Crippen LogP contribution in [0.4, 0.5) is 0 Å². The number of phosphoric ester groups is 1. The predicted molar refractivity (Wildman–Crippen MR) is 212 cm³/mol. The molecule has 0 aromatic heterocycles. The molecule has 0 rings (SSSR count). The maximum Gasteiger partial charge on any atom is 0.472 e. The summed E-state index contributed by atoms with van der Waals surface area (Å²) in [7, 11) is 1.56. The van der Waals surface area contributed by atoms with E-state index in [-0.39, 0.29) is 19.1 Å². The van der Waals surface area contributed by atoms with Crippen molar-refractivity contribution in [2.24, 2.45) is 0 Å². The molecule has 0 aliphatic rings. The first-order valence-corrected chi connectivity index (χ1v) is 21.9. The largest absolute Gasteiger partial charge is 0.472 e. The van der Waals surface area contributed by atoms with E-state index in [9.17, 15) is 19.4 Å². The molecule has 8 nitrogen and oxygen atoms in total. The predicted octanol–water partition coefficient (Wildman–Crippen LogP) is 10.7. The van der Waals surface area contributed by atoms with E-state index in [4.69, 9.17) is 9.05 Å². The van der Waals surface area contributed by atoms with Crippen LogP contribution in [0.3, 0.4) is 0 Å². The molecule has 0 saturated carbocycles. The molecule has 0 radical (unpaired) electrons. The number of carbonyl (C=O) groups is 1. The molecular formula is C41H80N2O6P+. The third kappa shape index (κ3) is 35.1. The van der Waals surface area contributed by atoms with Crippen molar-refractivity contribution in [2.75, 3.05) is 40.9 Å². The minimum atomic E-state index is -4.33. The normalized spacial score (nSPS) is 14.9. The van der Waals surface area contributed by atoms with Gasteiger partial charge in [-0.2, -0.15) is 0 Å². The van der Waals surface area contributed by atoms with E-state index in [0.717, 1.165) is 51.4 Å². The summed E-state index contributed by atoms with van der Waals surface area (Å²) in [5.74, 6) is -0.189. The Balaban J connectivity index is 4.47. The van der Waals surface area contributed by atoms with Gasteiger partial charge in [0.2, 0.25) is 5.91 Å². The van der Waals surface area contributed by atoms with Crippen molar-refractivity contribution in [3.63, 3.8) is 0 Å². The highest BCUT2D eigenvalue weighted by atomic mass is 31.2. The zero-order valence-corrected chi connectivity index (χ0v) is 34.0. The topological polar surface area (TPSA) is 105 Å². The lowest BCUT2D eigenvalue weighted by Gasteiger charge is -2.25. The average molecular weight is 728 g/mol. The van der Waals surface area contributed by atoms with Crippen molar-refractivity contribution in [2.45, 2.75) is 180 Å². The first-order chi connectivity index (χ1) is 24.0. The number of nitrogens with one attached hydrogen (secondary N) is 1. The SMILES string of the molecule is CCCCC/C=C\C/C=C\CCCCCCCCCC(=O)NC(COP(=O)(O)OCC[N+](C)(C)C)C(O)/C=C/CCCCCCCCCCC. The van der Waals surface area contributed by atoms with E-state index in [1.54, 1.807) is 6.08 Å². The first-order valence-electron chi connectivity index (χ1n) is 20.4. The lowest BCUT2D eigenvalue weighted by molar-refractivity contribution is -0.870. The van der Waals surface area contributed by atoms with Gasteiger partial charge in [-0.25, -0.2) is 4.57 Å². The molecule has 0 spiro atoms. The third-order valence-corrected chi connectivity index (χ3v) is 9.84. The number of quaternary nitrogens is 1. The van der Waals surface area contributed by atoms with Gasteiger partial charge < -0.3 is 19.8 Å². The molecule has 0 bridgehead atoms. The van der Waals surface area contributed by atoms with Gasteiger partial charge in [-0.15, -0.1) is 0 Å². The molecule has 294 valence electrons. The molecule has 3 unspecified atom stereocenters. The Morgan fingerprint density at radius 1 is 0.680 bits per heavy atom. The summed E-state index contributed by atoms with van der Waals surface area (Å²) in [6.07, 6.45) is 39.1. The van der Waals surface area contributed by atoms with Crippen LogP contribution in [0.2, 0.25) is 0 Å². The Labute approximate surface area is 308 Å². The van der Waals surface area contributed by atoms with E-state index in [2.05, 4.69) is 43.5 Å². The van der Waals surface area contributed by atoms with Crippen LogP contribution < -0.4 is 5.32 Å². The fraction of sp³-hybridized carbons (Fsp3) is 0.829. The summed E-state index contributed by atoms with van der Waals surface area (Å²) >= 11 is 0. The van der Waals surface area contributed by atoms with Crippen LogP contribution in [0, 0.1) is 0 Å². The Morgan fingerprint density at radius 3 is 1.68 bits per heavy atom. The van der Waals surface area contributed by atoms with Crippen molar-refractivity contribution in [1.82, 2.24) is 5.32 Å². The molecule has 0 aliphatic heterocycles. The molecule has 50 heavy (non-hydrogen) atoms. The van der Waals surface area contributed by atoms with Gasteiger partial charge in [-0.3, -0.25) is 13.8 Å². The summed E-state index contributed by atoms with van der Waals surface area (Å²) in [6.45, 7) is 4.75. The maximum absolute atomic E-state index is 12.8. The number of aliphatic hydroxyl groups is 1. The van der Waals surface area contributed by atoms with E-state index in [1.807, 2.05) is 27.2 Å². The summed E-state index contributed by atoms with van der Waals surface area (Å²) in [4.78, 5) is 23.0.